The number of hydrogen-bond acceptors (Lipinski definition) is 1. The van der Waals surface area contributed by atoms with Crippen LogP contribution in [0.25, 0.3) is 10.9 Å². The van der Waals surface area contributed by atoms with Gasteiger partial charge in [-0.2, -0.15) is 0 Å². The second-order valence-corrected chi connectivity index (χ2v) is 6.92. The summed E-state index contributed by atoms with van der Waals surface area (Å²) in [5, 5.41) is 1.24. The molecule has 3 rings (SSSR count). The Bertz CT molecular complexity index is 729. The Balaban J connectivity index is 2.08. The predicted octanol–water partition coefficient (Wildman–Crippen LogP) is 4.40. The fourth-order valence-electron chi connectivity index (χ4n) is 3.92. The molecule has 124 valence electrons. The molecule has 3 nitrogen and oxygen atoms in total. The molecule has 0 N–H and O–H groups in total. The lowest BCUT2D eigenvalue weighted by atomic mass is 9.99. The SMILES string of the molecule is CCc1ccc2c(c1)c(C)c(C(=O)N1CCCC(C)C1)n2CC. The Morgan fingerprint density at radius 3 is 2.74 bits per heavy atom. The molecular weight excluding hydrogens is 284 g/mol. The highest BCUT2D eigenvalue weighted by molar-refractivity contribution is 6.01. The number of carbonyl (C=O) groups excluding carboxylic acids is 1. The third-order valence-corrected chi connectivity index (χ3v) is 5.25. The first kappa shape index (κ1) is 16.1. The summed E-state index contributed by atoms with van der Waals surface area (Å²) in [6.07, 6.45) is 3.39. The number of benzene rings is 1. The van der Waals surface area contributed by atoms with E-state index in [1.165, 1.54) is 22.9 Å². The molecule has 1 unspecified atom stereocenters. The van der Waals surface area contributed by atoms with Crippen molar-refractivity contribution >= 4 is 16.8 Å². The Hall–Kier alpha value is -1.77. The smallest absolute Gasteiger partial charge is 0.270 e. The molecule has 1 aromatic carbocycles. The van der Waals surface area contributed by atoms with Crippen molar-refractivity contribution in [2.75, 3.05) is 13.1 Å². The number of nitrogens with zero attached hydrogens (tertiary/aromatic N) is 2. The van der Waals surface area contributed by atoms with Gasteiger partial charge in [-0.3, -0.25) is 4.79 Å². The Morgan fingerprint density at radius 1 is 1.30 bits per heavy atom. The topological polar surface area (TPSA) is 25.2 Å². The summed E-state index contributed by atoms with van der Waals surface area (Å²) in [6.45, 7) is 11.3. The van der Waals surface area contributed by atoms with Crippen LogP contribution in [0.2, 0.25) is 0 Å². The number of carbonyl (C=O) groups is 1. The van der Waals surface area contributed by atoms with Crippen LogP contribution in [0, 0.1) is 12.8 Å². The predicted molar refractivity (Wildman–Crippen MR) is 96.0 cm³/mol. The molecule has 2 heterocycles. The highest BCUT2D eigenvalue weighted by atomic mass is 16.2. The van der Waals surface area contributed by atoms with E-state index in [2.05, 4.69) is 55.4 Å². The number of likely N-dealkylation sites (tertiary alicyclic amines) is 1. The summed E-state index contributed by atoms with van der Waals surface area (Å²) in [6, 6.07) is 6.62. The maximum Gasteiger partial charge on any atom is 0.270 e. The number of rotatable bonds is 3. The molecule has 1 aliphatic rings. The van der Waals surface area contributed by atoms with Crippen molar-refractivity contribution in [3.05, 3.63) is 35.0 Å². The standard InChI is InChI=1S/C20H28N2O/c1-5-16-9-10-18-17(12-16)15(4)19(22(18)6-2)20(23)21-11-7-8-14(3)13-21/h9-10,12,14H,5-8,11,13H2,1-4H3. The number of hydrogen-bond donors (Lipinski definition) is 0. The maximum atomic E-state index is 13.2. The van der Waals surface area contributed by atoms with E-state index >= 15 is 0 Å². The minimum absolute atomic E-state index is 0.213. The zero-order chi connectivity index (χ0) is 16.6. The molecule has 1 aliphatic heterocycles. The van der Waals surface area contributed by atoms with Crippen LogP contribution in [0.15, 0.2) is 18.2 Å². The monoisotopic (exact) mass is 312 g/mol. The Kier molecular flexibility index (Phi) is 4.47. The van der Waals surface area contributed by atoms with Gasteiger partial charge in [0.1, 0.15) is 5.69 Å². The molecule has 2 aromatic rings. The van der Waals surface area contributed by atoms with Crippen molar-refractivity contribution in [1.82, 2.24) is 9.47 Å². The first-order valence-electron chi connectivity index (χ1n) is 8.97. The molecule has 1 amide bonds. The van der Waals surface area contributed by atoms with Gasteiger partial charge in [-0.15, -0.1) is 0 Å². The van der Waals surface area contributed by atoms with Crippen molar-refractivity contribution in [3.63, 3.8) is 0 Å². The average Bonchev–Trinajstić information content (AvgIpc) is 2.85. The average molecular weight is 312 g/mol. The highest BCUT2D eigenvalue weighted by Crippen LogP contribution is 2.29. The van der Waals surface area contributed by atoms with E-state index in [1.54, 1.807) is 0 Å². The minimum Gasteiger partial charge on any atom is -0.337 e. The van der Waals surface area contributed by atoms with E-state index in [0.29, 0.717) is 5.92 Å². The largest absolute Gasteiger partial charge is 0.337 e. The van der Waals surface area contributed by atoms with Crippen LogP contribution in [0.3, 0.4) is 0 Å². The summed E-state index contributed by atoms with van der Waals surface area (Å²) in [4.78, 5) is 15.2. The number of aromatic nitrogens is 1. The van der Waals surface area contributed by atoms with Crippen LogP contribution in [-0.4, -0.2) is 28.5 Å². The van der Waals surface area contributed by atoms with Crippen LogP contribution in [0.1, 0.15) is 55.2 Å². The molecule has 1 aromatic heterocycles. The van der Waals surface area contributed by atoms with Crippen LogP contribution in [0.5, 0.6) is 0 Å². The van der Waals surface area contributed by atoms with Gasteiger partial charge in [0, 0.05) is 30.5 Å². The normalized spacial score (nSPS) is 18.6. The van der Waals surface area contributed by atoms with Crippen LogP contribution in [-0.2, 0) is 13.0 Å². The third kappa shape index (κ3) is 2.77. The van der Waals surface area contributed by atoms with E-state index in [9.17, 15) is 4.79 Å². The highest BCUT2D eigenvalue weighted by Gasteiger charge is 2.27. The van der Waals surface area contributed by atoms with Crippen molar-refractivity contribution in [2.24, 2.45) is 5.92 Å². The van der Waals surface area contributed by atoms with Gasteiger partial charge in [-0.1, -0.05) is 19.9 Å². The van der Waals surface area contributed by atoms with E-state index in [0.717, 1.165) is 43.7 Å². The molecule has 1 fully saturated rings. The molecule has 0 saturated carbocycles. The number of aryl methyl sites for hydroxylation is 3. The van der Waals surface area contributed by atoms with Crippen molar-refractivity contribution < 1.29 is 4.79 Å². The van der Waals surface area contributed by atoms with Gasteiger partial charge in [0.2, 0.25) is 0 Å². The zero-order valence-electron chi connectivity index (χ0n) is 14.9. The number of amides is 1. The lowest BCUT2D eigenvalue weighted by molar-refractivity contribution is 0.0672. The molecule has 0 aliphatic carbocycles. The fraction of sp³-hybridized carbons (Fsp3) is 0.550. The lowest BCUT2D eigenvalue weighted by Crippen LogP contribution is -2.40. The second kappa shape index (κ2) is 6.38. The first-order chi connectivity index (χ1) is 11.1. The van der Waals surface area contributed by atoms with Gasteiger partial charge in [-0.25, -0.2) is 0 Å². The fourth-order valence-corrected chi connectivity index (χ4v) is 3.92. The van der Waals surface area contributed by atoms with Gasteiger partial charge in [0.25, 0.3) is 5.91 Å². The minimum atomic E-state index is 0.213. The Morgan fingerprint density at radius 2 is 2.09 bits per heavy atom. The van der Waals surface area contributed by atoms with Gasteiger partial charge >= 0.3 is 0 Å². The number of piperidine rings is 1. The van der Waals surface area contributed by atoms with Gasteiger partial charge in [0.05, 0.1) is 0 Å². The van der Waals surface area contributed by atoms with Crippen LogP contribution in [0.4, 0.5) is 0 Å². The van der Waals surface area contributed by atoms with Gasteiger partial charge < -0.3 is 9.47 Å². The van der Waals surface area contributed by atoms with E-state index < -0.39 is 0 Å². The molecular formula is C20H28N2O. The van der Waals surface area contributed by atoms with Gasteiger partial charge in [0.15, 0.2) is 0 Å². The molecule has 23 heavy (non-hydrogen) atoms. The summed E-state index contributed by atoms with van der Waals surface area (Å²) in [5.41, 5.74) is 4.56. The van der Waals surface area contributed by atoms with E-state index in [1.807, 2.05) is 0 Å². The summed E-state index contributed by atoms with van der Waals surface area (Å²) in [5.74, 6) is 0.823. The van der Waals surface area contributed by atoms with Crippen molar-refractivity contribution in [1.29, 1.82) is 0 Å². The molecule has 0 radical (unpaired) electrons. The summed E-state index contributed by atoms with van der Waals surface area (Å²) >= 11 is 0. The Labute approximate surface area is 139 Å². The third-order valence-electron chi connectivity index (χ3n) is 5.25. The molecule has 1 saturated heterocycles. The lowest BCUT2D eigenvalue weighted by Gasteiger charge is -2.31. The van der Waals surface area contributed by atoms with Crippen molar-refractivity contribution in [2.45, 2.75) is 53.5 Å². The van der Waals surface area contributed by atoms with Crippen LogP contribution >= 0.6 is 0 Å². The quantitative estimate of drug-likeness (QED) is 0.824. The summed E-state index contributed by atoms with van der Waals surface area (Å²) < 4.78 is 2.20. The maximum absolute atomic E-state index is 13.2. The van der Waals surface area contributed by atoms with Crippen molar-refractivity contribution in [3.8, 4) is 0 Å². The molecule has 3 heteroatoms. The first-order valence-corrected chi connectivity index (χ1v) is 8.97. The van der Waals surface area contributed by atoms with Crippen LogP contribution < -0.4 is 0 Å². The zero-order valence-corrected chi connectivity index (χ0v) is 14.9. The summed E-state index contributed by atoms with van der Waals surface area (Å²) in [7, 11) is 0. The molecule has 0 bridgehead atoms. The molecule has 0 spiro atoms. The van der Waals surface area contributed by atoms with E-state index in [-0.39, 0.29) is 5.91 Å². The van der Waals surface area contributed by atoms with Gasteiger partial charge in [-0.05, 0) is 62.3 Å². The number of fused-ring (bicyclic) bond motifs is 1. The van der Waals surface area contributed by atoms with E-state index in [4.69, 9.17) is 0 Å². The molecule has 1 atom stereocenters. The second-order valence-electron chi connectivity index (χ2n) is 6.92.